The zero-order chi connectivity index (χ0) is 34.5. The van der Waals surface area contributed by atoms with E-state index in [0.29, 0.717) is 19.3 Å². The van der Waals surface area contributed by atoms with Crippen LogP contribution in [0.3, 0.4) is 0 Å². The van der Waals surface area contributed by atoms with Gasteiger partial charge in [0.2, 0.25) is 0 Å². The van der Waals surface area contributed by atoms with Gasteiger partial charge in [0.15, 0.2) is 6.10 Å². The molecule has 0 spiro atoms. The van der Waals surface area contributed by atoms with Gasteiger partial charge in [-0.25, -0.2) is 0 Å². The molecule has 0 bridgehead atoms. The van der Waals surface area contributed by atoms with Crippen LogP contribution in [-0.4, -0.2) is 37.2 Å². The molecular formula is C41H72O6. The van der Waals surface area contributed by atoms with Crippen molar-refractivity contribution >= 4 is 17.9 Å². The van der Waals surface area contributed by atoms with Crippen LogP contribution in [-0.2, 0) is 28.6 Å². The van der Waals surface area contributed by atoms with Crippen molar-refractivity contribution in [2.45, 2.75) is 194 Å². The lowest BCUT2D eigenvalue weighted by Crippen LogP contribution is -2.30. The Morgan fingerprint density at radius 2 is 0.830 bits per heavy atom. The van der Waals surface area contributed by atoms with Gasteiger partial charge in [-0.15, -0.1) is 0 Å². The van der Waals surface area contributed by atoms with Crippen molar-refractivity contribution < 1.29 is 28.6 Å². The first-order valence-electron chi connectivity index (χ1n) is 19.5. The summed E-state index contributed by atoms with van der Waals surface area (Å²) in [6.07, 6.45) is 38.6. The van der Waals surface area contributed by atoms with Gasteiger partial charge in [-0.1, -0.05) is 154 Å². The molecule has 0 aliphatic heterocycles. The van der Waals surface area contributed by atoms with Crippen LogP contribution in [0, 0.1) is 0 Å². The Morgan fingerprint density at radius 1 is 0.447 bits per heavy atom. The van der Waals surface area contributed by atoms with Gasteiger partial charge in [0, 0.05) is 19.3 Å². The van der Waals surface area contributed by atoms with Crippen LogP contribution in [0.1, 0.15) is 188 Å². The van der Waals surface area contributed by atoms with Gasteiger partial charge in [-0.05, 0) is 51.4 Å². The molecule has 0 N–H and O–H groups in total. The van der Waals surface area contributed by atoms with E-state index in [1.165, 1.54) is 64.2 Å². The third-order valence-electron chi connectivity index (χ3n) is 8.16. The fourth-order valence-corrected chi connectivity index (χ4v) is 5.22. The smallest absolute Gasteiger partial charge is 0.306 e. The molecule has 0 amide bonds. The van der Waals surface area contributed by atoms with Gasteiger partial charge in [-0.3, -0.25) is 14.4 Å². The third kappa shape index (κ3) is 34.8. The highest BCUT2D eigenvalue weighted by Gasteiger charge is 2.19. The SMILES string of the molecule is CC/C=C\C/C=C\C/C=C\CCCCCC(=O)OCC(COC(=O)CCCCCCCC)OC(=O)CCCCCCCCCCCC. The van der Waals surface area contributed by atoms with Gasteiger partial charge in [0.1, 0.15) is 13.2 Å². The predicted octanol–water partition coefficient (Wildman–Crippen LogP) is 11.9. The van der Waals surface area contributed by atoms with Gasteiger partial charge in [0.25, 0.3) is 0 Å². The summed E-state index contributed by atoms with van der Waals surface area (Å²) in [7, 11) is 0. The number of hydrogen-bond acceptors (Lipinski definition) is 6. The molecule has 0 fully saturated rings. The van der Waals surface area contributed by atoms with E-state index in [1.54, 1.807) is 0 Å². The Balaban J connectivity index is 4.37. The van der Waals surface area contributed by atoms with Crippen molar-refractivity contribution in [3.05, 3.63) is 36.5 Å². The number of carbonyl (C=O) groups is 3. The Kier molecular flexibility index (Phi) is 34.6. The Labute approximate surface area is 289 Å². The zero-order valence-corrected chi connectivity index (χ0v) is 30.8. The van der Waals surface area contributed by atoms with Crippen molar-refractivity contribution in [2.75, 3.05) is 13.2 Å². The molecule has 272 valence electrons. The first-order chi connectivity index (χ1) is 23.0. The average molecular weight is 661 g/mol. The molecule has 0 heterocycles. The molecule has 0 aromatic rings. The number of esters is 3. The molecule has 0 aliphatic carbocycles. The summed E-state index contributed by atoms with van der Waals surface area (Å²) in [6.45, 7) is 6.39. The monoisotopic (exact) mass is 661 g/mol. The van der Waals surface area contributed by atoms with E-state index in [-0.39, 0.29) is 31.1 Å². The summed E-state index contributed by atoms with van der Waals surface area (Å²) in [5, 5.41) is 0. The highest BCUT2D eigenvalue weighted by Crippen LogP contribution is 2.13. The van der Waals surface area contributed by atoms with Crippen LogP contribution in [0.5, 0.6) is 0 Å². The fraction of sp³-hybridized carbons (Fsp3) is 0.780. The van der Waals surface area contributed by atoms with Crippen molar-refractivity contribution in [3.63, 3.8) is 0 Å². The van der Waals surface area contributed by atoms with E-state index < -0.39 is 6.10 Å². The minimum Gasteiger partial charge on any atom is -0.462 e. The van der Waals surface area contributed by atoms with Crippen molar-refractivity contribution in [2.24, 2.45) is 0 Å². The number of unbranched alkanes of at least 4 members (excludes halogenated alkanes) is 17. The molecule has 0 saturated carbocycles. The largest absolute Gasteiger partial charge is 0.462 e. The summed E-state index contributed by atoms with van der Waals surface area (Å²) in [5.41, 5.74) is 0. The minimum atomic E-state index is -0.773. The van der Waals surface area contributed by atoms with Crippen molar-refractivity contribution in [1.82, 2.24) is 0 Å². The quantitative estimate of drug-likeness (QED) is 0.0296. The lowest BCUT2D eigenvalue weighted by molar-refractivity contribution is -0.167. The van der Waals surface area contributed by atoms with Gasteiger partial charge in [-0.2, -0.15) is 0 Å². The number of hydrogen-bond donors (Lipinski definition) is 0. The van der Waals surface area contributed by atoms with Crippen molar-refractivity contribution in [3.8, 4) is 0 Å². The van der Waals surface area contributed by atoms with Crippen LogP contribution < -0.4 is 0 Å². The molecular weight excluding hydrogens is 588 g/mol. The van der Waals surface area contributed by atoms with Crippen LogP contribution in [0.4, 0.5) is 0 Å². The van der Waals surface area contributed by atoms with E-state index in [0.717, 1.165) is 83.5 Å². The molecule has 0 aromatic heterocycles. The molecule has 6 heteroatoms. The standard InChI is InChI=1S/C41H72O6/c1-4-7-10-13-16-18-20-21-22-24-25-28-31-34-40(43)46-37-38(36-45-39(42)33-30-27-15-12-9-6-3)47-41(44)35-32-29-26-23-19-17-14-11-8-5-2/h7,10,16,18,21-22,38H,4-6,8-9,11-15,17,19-20,23-37H2,1-3H3/b10-7-,18-16-,22-21-. The van der Waals surface area contributed by atoms with Gasteiger partial charge < -0.3 is 14.2 Å². The van der Waals surface area contributed by atoms with Crippen LogP contribution in [0.15, 0.2) is 36.5 Å². The second kappa shape index (κ2) is 36.5. The topological polar surface area (TPSA) is 78.9 Å². The molecule has 0 saturated heterocycles. The Bertz CT molecular complexity index is 815. The van der Waals surface area contributed by atoms with Crippen LogP contribution in [0.2, 0.25) is 0 Å². The number of allylic oxidation sites excluding steroid dienone is 6. The lowest BCUT2D eigenvalue weighted by atomic mass is 10.1. The van der Waals surface area contributed by atoms with E-state index in [2.05, 4.69) is 57.2 Å². The van der Waals surface area contributed by atoms with E-state index in [4.69, 9.17) is 14.2 Å². The number of carbonyl (C=O) groups excluding carboxylic acids is 3. The fourth-order valence-electron chi connectivity index (χ4n) is 5.22. The summed E-state index contributed by atoms with van der Waals surface area (Å²) in [5.74, 6) is -0.928. The normalized spacial score (nSPS) is 12.3. The summed E-state index contributed by atoms with van der Waals surface area (Å²) in [4.78, 5) is 37.3. The molecule has 6 nitrogen and oxygen atoms in total. The van der Waals surface area contributed by atoms with Gasteiger partial charge >= 0.3 is 17.9 Å². The first-order valence-corrected chi connectivity index (χ1v) is 19.5. The predicted molar refractivity (Wildman–Crippen MR) is 196 cm³/mol. The van der Waals surface area contributed by atoms with E-state index >= 15 is 0 Å². The van der Waals surface area contributed by atoms with E-state index in [1.807, 2.05) is 0 Å². The maximum atomic E-state index is 12.6. The molecule has 0 rings (SSSR count). The third-order valence-corrected chi connectivity index (χ3v) is 8.16. The number of ether oxygens (including phenoxy) is 3. The van der Waals surface area contributed by atoms with E-state index in [9.17, 15) is 14.4 Å². The highest BCUT2D eigenvalue weighted by atomic mass is 16.6. The zero-order valence-electron chi connectivity index (χ0n) is 30.8. The summed E-state index contributed by atoms with van der Waals surface area (Å²) < 4.78 is 16.5. The molecule has 0 radical (unpaired) electrons. The summed E-state index contributed by atoms with van der Waals surface area (Å²) in [6, 6.07) is 0. The Morgan fingerprint density at radius 3 is 1.30 bits per heavy atom. The second-order valence-corrected chi connectivity index (χ2v) is 12.8. The molecule has 47 heavy (non-hydrogen) atoms. The average Bonchev–Trinajstić information content (AvgIpc) is 3.06. The maximum absolute atomic E-state index is 12.6. The molecule has 0 aliphatic rings. The van der Waals surface area contributed by atoms with Crippen molar-refractivity contribution in [1.29, 1.82) is 0 Å². The van der Waals surface area contributed by atoms with Crippen LogP contribution >= 0.6 is 0 Å². The lowest BCUT2D eigenvalue weighted by Gasteiger charge is -2.18. The second-order valence-electron chi connectivity index (χ2n) is 12.8. The first kappa shape index (κ1) is 44.6. The summed E-state index contributed by atoms with van der Waals surface area (Å²) >= 11 is 0. The molecule has 0 aromatic carbocycles. The minimum absolute atomic E-state index is 0.0807. The van der Waals surface area contributed by atoms with Gasteiger partial charge in [0.05, 0.1) is 0 Å². The molecule has 1 unspecified atom stereocenters. The maximum Gasteiger partial charge on any atom is 0.306 e. The molecule has 1 atom stereocenters. The highest BCUT2D eigenvalue weighted by molar-refractivity contribution is 5.71. The Hall–Kier alpha value is -2.37. The van der Waals surface area contributed by atoms with Crippen LogP contribution in [0.25, 0.3) is 0 Å². The number of rotatable bonds is 34.